The van der Waals surface area contributed by atoms with Gasteiger partial charge in [-0.05, 0) is 40.4 Å². The maximum atomic E-state index is 6.30. The molecule has 2 atom stereocenters. The van der Waals surface area contributed by atoms with Gasteiger partial charge in [-0.2, -0.15) is 11.3 Å². The molecule has 1 aliphatic rings. The minimum atomic E-state index is 0.0783. The van der Waals surface area contributed by atoms with E-state index < -0.39 is 0 Å². The molecule has 88 valence electrons. The van der Waals surface area contributed by atoms with Crippen LogP contribution in [-0.4, -0.2) is 6.61 Å². The van der Waals surface area contributed by atoms with Crippen molar-refractivity contribution in [2.45, 2.75) is 12.5 Å². The molecule has 2 heterocycles. The molecule has 0 spiro atoms. The number of nitrogens with two attached hydrogens (primary N) is 1. The first-order valence-corrected chi connectivity index (χ1v) is 6.77. The van der Waals surface area contributed by atoms with Crippen molar-refractivity contribution >= 4 is 11.3 Å². The quantitative estimate of drug-likeness (QED) is 0.882. The molecule has 0 aliphatic carbocycles. The molecule has 0 radical (unpaired) electrons. The average Bonchev–Trinajstić information content (AvgIpc) is 2.91. The van der Waals surface area contributed by atoms with Crippen LogP contribution in [0.1, 0.15) is 17.2 Å². The molecule has 0 fully saturated rings. The predicted molar refractivity (Wildman–Crippen MR) is 70.4 cm³/mol. The van der Waals surface area contributed by atoms with Crippen molar-refractivity contribution < 1.29 is 4.74 Å². The van der Waals surface area contributed by atoms with E-state index in [9.17, 15) is 0 Å². The van der Waals surface area contributed by atoms with E-state index in [2.05, 4.69) is 29.0 Å². The van der Waals surface area contributed by atoms with Crippen molar-refractivity contribution in [2.75, 3.05) is 6.61 Å². The van der Waals surface area contributed by atoms with E-state index >= 15 is 0 Å². The molecule has 0 saturated heterocycles. The molecule has 2 unspecified atom stereocenters. The standard InChI is InChI=1S/C14H15NOS/c15-14(11-5-6-17-9-11)12-7-10-3-1-2-4-13(10)16-8-12/h1-6,9,12,14H,7-8,15H2. The van der Waals surface area contributed by atoms with Gasteiger partial charge in [0.2, 0.25) is 0 Å². The summed E-state index contributed by atoms with van der Waals surface area (Å²) in [4.78, 5) is 0. The van der Waals surface area contributed by atoms with E-state index in [0.29, 0.717) is 12.5 Å². The maximum absolute atomic E-state index is 6.30. The summed E-state index contributed by atoms with van der Waals surface area (Å²) in [6.07, 6.45) is 1.01. The van der Waals surface area contributed by atoms with Gasteiger partial charge in [0.1, 0.15) is 5.75 Å². The molecule has 0 saturated carbocycles. The Bertz CT molecular complexity index is 495. The zero-order valence-corrected chi connectivity index (χ0v) is 10.3. The summed E-state index contributed by atoms with van der Waals surface area (Å²) in [5.41, 5.74) is 8.80. The van der Waals surface area contributed by atoms with Crippen LogP contribution in [0.4, 0.5) is 0 Å². The van der Waals surface area contributed by atoms with E-state index in [1.165, 1.54) is 11.1 Å². The molecular weight excluding hydrogens is 230 g/mol. The van der Waals surface area contributed by atoms with Gasteiger partial charge in [0.05, 0.1) is 6.61 Å². The van der Waals surface area contributed by atoms with Gasteiger partial charge in [-0.25, -0.2) is 0 Å². The number of hydrogen-bond donors (Lipinski definition) is 1. The highest BCUT2D eigenvalue weighted by molar-refractivity contribution is 7.07. The molecule has 1 aliphatic heterocycles. The Balaban J connectivity index is 1.80. The molecule has 1 aromatic heterocycles. The first kappa shape index (κ1) is 10.8. The number of thiophene rings is 1. The van der Waals surface area contributed by atoms with Crippen molar-refractivity contribution in [1.29, 1.82) is 0 Å². The third kappa shape index (κ3) is 2.08. The van der Waals surface area contributed by atoms with Crippen LogP contribution in [0.5, 0.6) is 5.75 Å². The normalized spacial score (nSPS) is 20.4. The monoisotopic (exact) mass is 245 g/mol. The third-order valence-corrected chi connectivity index (χ3v) is 4.05. The lowest BCUT2D eigenvalue weighted by atomic mass is 9.88. The van der Waals surface area contributed by atoms with Crippen LogP contribution < -0.4 is 10.5 Å². The lowest BCUT2D eigenvalue weighted by molar-refractivity contribution is 0.200. The molecule has 3 rings (SSSR count). The molecular formula is C14H15NOS. The van der Waals surface area contributed by atoms with E-state index in [0.717, 1.165) is 12.2 Å². The third-order valence-electron chi connectivity index (χ3n) is 3.34. The summed E-state index contributed by atoms with van der Waals surface area (Å²) in [7, 11) is 0. The SMILES string of the molecule is NC(c1ccsc1)C1COc2ccccc2C1. The van der Waals surface area contributed by atoms with Gasteiger partial charge in [-0.1, -0.05) is 18.2 Å². The molecule has 3 heteroatoms. The van der Waals surface area contributed by atoms with Crippen molar-refractivity contribution in [3.63, 3.8) is 0 Å². The topological polar surface area (TPSA) is 35.2 Å². The lowest BCUT2D eigenvalue weighted by Gasteiger charge is -2.29. The molecule has 0 bridgehead atoms. The van der Waals surface area contributed by atoms with E-state index in [4.69, 9.17) is 10.5 Å². The van der Waals surface area contributed by atoms with Gasteiger partial charge in [0.25, 0.3) is 0 Å². The number of hydrogen-bond acceptors (Lipinski definition) is 3. The Hall–Kier alpha value is -1.32. The summed E-state index contributed by atoms with van der Waals surface area (Å²) in [6, 6.07) is 10.4. The van der Waals surface area contributed by atoms with E-state index in [1.54, 1.807) is 11.3 Å². The van der Waals surface area contributed by atoms with Gasteiger partial charge < -0.3 is 10.5 Å². The molecule has 2 N–H and O–H groups in total. The molecule has 0 amide bonds. The Labute approximate surface area is 105 Å². The van der Waals surface area contributed by atoms with Gasteiger partial charge in [-0.3, -0.25) is 0 Å². The highest BCUT2D eigenvalue weighted by Crippen LogP contribution is 2.32. The highest BCUT2D eigenvalue weighted by Gasteiger charge is 2.26. The van der Waals surface area contributed by atoms with Crippen molar-refractivity contribution in [3.05, 3.63) is 52.2 Å². The molecule has 17 heavy (non-hydrogen) atoms. The fraction of sp³-hybridized carbons (Fsp3) is 0.286. The average molecular weight is 245 g/mol. The zero-order chi connectivity index (χ0) is 11.7. The van der Waals surface area contributed by atoms with Crippen molar-refractivity contribution in [1.82, 2.24) is 0 Å². The fourth-order valence-corrected chi connectivity index (χ4v) is 3.03. The minimum absolute atomic E-state index is 0.0783. The van der Waals surface area contributed by atoms with Gasteiger partial charge in [-0.15, -0.1) is 0 Å². The number of benzene rings is 1. The van der Waals surface area contributed by atoms with E-state index in [1.807, 2.05) is 12.1 Å². The van der Waals surface area contributed by atoms with Gasteiger partial charge in [0, 0.05) is 12.0 Å². The van der Waals surface area contributed by atoms with Gasteiger partial charge >= 0.3 is 0 Å². The second-order valence-electron chi connectivity index (χ2n) is 4.47. The number of fused-ring (bicyclic) bond motifs is 1. The summed E-state index contributed by atoms with van der Waals surface area (Å²) in [6.45, 7) is 0.716. The Morgan fingerprint density at radius 1 is 1.29 bits per heavy atom. The van der Waals surface area contributed by atoms with Crippen LogP contribution in [-0.2, 0) is 6.42 Å². The number of rotatable bonds is 2. The summed E-state index contributed by atoms with van der Waals surface area (Å²) < 4.78 is 5.78. The van der Waals surface area contributed by atoms with Crippen LogP contribution in [0.2, 0.25) is 0 Å². The van der Waals surface area contributed by atoms with Crippen LogP contribution in [0, 0.1) is 5.92 Å². The molecule has 2 nitrogen and oxygen atoms in total. The second kappa shape index (κ2) is 4.51. The van der Waals surface area contributed by atoms with Crippen LogP contribution in [0.25, 0.3) is 0 Å². The lowest BCUT2D eigenvalue weighted by Crippen LogP contribution is -2.31. The summed E-state index contributed by atoms with van der Waals surface area (Å²) in [5, 5.41) is 4.21. The Kier molecular flexibility index (Phi) is 2.87. The zero-order valence-electron chi connectivity index (χ0n) is 9.50. The van der Waals surface area contributed by atoms with Crippen molar-refractivity contribution in [2.24, 2.45) is 11.7 Å². The number of ether oxygens (including phenoxy) is 1. The second-order valence-corrected chi connectivity index (χ2v) is 5.25. The summed E-state index contributed by atoms with van der Waals surface area (Å²) in [5.74, 6) is 1.39. The summed E-state index contributed by atoms with van der Waals surface area (Å²) >= 11 is 1.70. The number of para-hydroxylation sites is 1. The van der Waals surface area contributed by atoms with Crippen molar-refractivity contribution in [3.8, 4) is 5.75 Å². The van der Waals surface area contributed by atoms with Crippen LogP contribution >= 0.6 is 11.3 Å². The Morgan fingerprint density at radius 3 is 3.00 bits per heavy atom. The first-order chi connectivity index (χ1) is 8.34. The minimum Gasteiger partial charge on any atom is -0.493 e. The maximum Gasteiger partial charge on any atom is 0.122 e. The van der Waals surface area contributed by atoms with E-state index in [-0.39, 0.29) is 6.04 Å². The molecule has 2 aromatic rings. The predicted octanol–water partition coefficient (Wildman–Crippen LogP) is 3.00. The Morgan fingerprint density at radius 2 is 2.18 bits per heavy atom. The largest absolute Gasteiger partial charge is 0.493 e. The van der Waals surface area contributed by atoms with Gasteiger partial charge in [0.15, 0.2) is 0 Å². The smallest absolute Gasteiger partial charge is 0.122 e. The fourth-order valence-electron chi connectivity index (χ4n) is 2.32. The van der Waals surface area contributed by atoms with Crippen LogP contribution in [0.3, 0.4) is 0 Å². The molecule has 1 aromatic carbocycles. The highest BCUT2D eigenvalue weighted by atomic mass is 32.1. The van der Waals surface area contributed by atoms with Crippen LogP contribution in [0.15, 0.2) is 41.1 Å². The first-order valence-electron chi connectivity index (χ1n) is 5.83.